The Labute approximate surface area is 129 Å². The third-order valence-corrected chi connectivity index (χ3v) is 4.64. The zero-order valence-electron chi connectivity index (χ0n) is 12.1. The number of rotatable bonds is 6. The first-order valence-electron chi connectivity index (χ1n) is 7.15. The molecular formula is C16H22BrN3. The molecule has 2 N–H and O–H groups in total. The van der Waals surface area contributed by atoms with E-state index >= 15 is 0 Å². The molecule has 3 nitrogen and oxygen atoms in total. The fourth-order valence-corrected chi connectivity index (χ4v) is 2.95. The predicted molar refractivity (Wildman–Crippen MR) is 86.6 cm³/mol. The average Bonchev–Trinajstić information content (AvgIpc) is 2.75. The van der Waals surface area contributed by atoms with Gasteiger partial charge in [0.25, 0.3) is 0 Å². The monoisotopic (exact) mass is 335 g/mol. The van der Waals surface area contributed by atoms with E-state index in [0.717, 1.165) is 36.0 Å². The van der Waals surface area contributed by atoms with Gasteiger partial charge in [0.05, 0.1) is 15.9 Å². The molecular weight excluding hydrogens is 314 g/mol. The van der Waals surface area contributed by atoms with Gasteiger partial charge in [-0.2, -0.15) is 5.10 Å². The Balaban J connectivity index is 1.93. The molecule has 0 aliphatic rings. The van der Waals surface area contributed by atoms with Crippen molar-refractivity contribution in [2.45, 2.75) is 45.7 Å². The minimum Gasteiger partial charge on any atom is -0.324 e. The molecule has 0 amide bonds. The summed E-state index contributed by atoms with van der Waals surface area (Å²) in [5.41, 5.74) is 9.80. The van der Waals surface area contributed by atoms with Crippen LogP contribution in [0.25, 0.3) is 0 Å². The summed E-state index contributed by atoms with van der Waals surface area (Å²) in [7, 11) is 0. The van der Waals surface area contributed by atoms with E-state index in [9.17, 15) is 0 Å². The van der Waals surface area contributed by atoms with E-state index < -0.39 is 0 Å². The molecule has 20 heavy (non-hydrogen) atoms. The minimum absolute atomic E-state index is 0.120. The number of halogens is 1. The smallest absolute Gasteiger partial charge is 0.0738 e. The molecule has 4 heteroatoms. The van der Waals surface area contributed by atoms with Crippen molar-refractivity contribution < 1.29 is 0 Å². The van der Waals surface area contributed by atoms with Crippen molar-refractivity contribution in [3.63, 3.8) is 0 Å². The van der Waals surface area contributed by atoms with Crippen LogP contribution in [0.4, 0.5) is 0 Å². The molecule has 0 saturated heterocycles. The Morgan fingerprint density at radius 1 is 1.30 bits per heavy atom. The van der Waals surface area contributed by atoms with Gasteiger partial charge in [-0.3, -0.25) is 4.68 Å². The van der Waals surface area contributed by atoms with Crippen molar-refractivity contribution in [2.24, 2.45) is 5.73 Å². The lowest BCUT2D eigenvalue weighted by Gasteiger charge is -2.12. The fraction of sp³-hybridized carbons (Fsp3) is 0.438. The van der Waals surface area contributed by atoms with Gasteiger partial charge in [-0.15, -0.1) is 0 Å². The van der Waals surface area contributed by atoms with Crippen LogP contribution in [-0.4, -0.2) is 9.78 Å². The van der Waals surface area contributed by atoms with Gasteiger partial charge < -0.3 is 5.73 Å². The van der Waals surface area contributed by atoms with E-state index in [1.165, 1.54) is 11.3 Å². The Hall–Kier alpha value is -1.13. The molecule has 1 aromatic heterocycles. The molecule has 0 saturated carbocycles. The standard InChI is InChI=1S/C16H22BrN3/c1-3-20-15(16(17)12(2)19-20)11-7-10-14(18)13-8-5-4-6-9-13/h4-6,8-9,14H,3,7,10-11,18H2,1-2H3. The third kappa shape index (κ3) is 3.49. The van der Waals surface area contributed by atoms with Crippen molar-refractivity contribution in [3.05, 3.63) is 51.8 Å². The largest absolute Gasteiger partial charge is 0.324 e. The molecule has 0 aliphatic heterocycles. The second-order valence-corrected chi connectivity index (χ2v) is 5.86. The SMILES string of the molecule is CCn1nc(C)c(Br)c1CCCC(N)c1ccccc1. The van der Waals surface area contributed by atoms with E-state index in [2.05, 4.69) is 44.8 Å². The molecule has 2 rings (SSSR count). The van der Waals surface area contributed by atoms with Crippen molar-refractivity contribution in [2.75, 3.05) is 0 Å². The number of nitrogens with two attached hydrogens (primary N) is 1. The van der Waals surface area contributed by atoms with Crippen LogP contribution in [0, 0.1) is 6.92 Å². The van der Waals surface area contributed by atoms with Crippen LogP contribution < -0.4 is 5.73 Å². The van der Waals surface area contributed by atoms with Crippen LogP contribution in [0.5, 0.6) is 0 Å². The van der Waals surface area contributed by atoms with Crippen LogP contribution in [0.3, 0.4) is 0 Å². The highest BCUT2D eigenvalue weighted by Gasteiger charge is 2.12. The molecule has 2 aromatic rings. The molecule has 1 aromatic carbocycles. The predicted octanol–water partition coefficient (Wildman–Crippen LogP) is 4.00. The Kier molecular flexibility index (Phi) is 5.38. The molecule has 0 spiro atoms. The van der Waals surface area contributed by atoms with Crippen LogP contribution >= 0.6 is 15.9 Å². The Morgan fingerprint density at radius 3 is 2.65 bits per heavy atom. The number of nitrogens with zero attached hydrogens (tertiary/aromatic N) is 2. The van der Waals surface area contributed by atoms with E-state index in [0.29, 0.717) is 0 Å². The second-order valence-electron chi connectivity index (χ2n) is 5.07. The van der Waals surface area contributed by atoms with Crippen LogP contribution in [0.2, 0.25) is 0 Å². The summed E-state index contributed by atoms with van der Waals surface area (Å²) < 4.78 is 3.22. The summed E-state index contributed by atoms with van der Waals surface area (Å²) in [6.07, 6.45) is 3.07. The molecule has 1 atom stereocenters. The second kappa shape index (κ2) is 7.04. The first-order valence-corrected chi connectivity index (χ1v) is 7.95. The summed E-state index contributed by atoms with van der Waals surface area (Å²) in [5.74, 6) is 0. The lowest BCUT2D eigenvalue weighted by atomic mass is 10.0. The number of benzene rings is 1. The molecule has 0 bridgehead atoms. The number of hydrogen-bond acceptors (Lipinski definition) is 2. The van der Waals surface area contributed by atoms with Gasteiger partial charge in [-0.1, -0.05) is 30.3 Å². The zero-order chi connectivity index (χ0) is 14.5. The van der Waals surface area contributed by atoms with Crippen molar-refractivity contribution >= 4 is 15.9 Å². The number of aryl methyl sites for hydroxylation is 2. The molecule has 0 aliphatic carbocycles. The summed E-state index contributed by atoms with van der Waals surface area (Å²) in [6, 6.07) is 10.4. The van der Waals surface area contributed by atoms with Crippen molar-refractivity contribution in [1.82, 2.24) is 9.78 Å². The maximum Gasteiger partial charge on any atom is 0.0738 e. The molecule has 0 fully saturated rings. The highest BCUT2D eigenvalue weighted by atomic mass is 79.9. The molecule has 108 valence electrons. The maximum absolute atomic E-state index is 6.24. The lowest BCUT2D eigenvalue weighted by molar-refractivity contribution is 0.568. The van der Waals surface area contributed by atoms with Gasteiger partial charge in [0.1, 0.15) is 0 Å². The fourth-order valence-electron chi connectivity index (χ4n) is 2.46. The summed E-state index contributed by atoms with van der Waals surface area (Å²) in [5, 5.41) is 4.52. The first-order chi connectivity index (χ1) is 9.63. The zero-order valence-corrected chi connectivity index (χ0v) is 13.7. The topological polar surface area (TPSA) is 43.8 Å². The van der Waals surface area contributed by atoms with E-state index in [1.807, 2.05) is 25.1 Å². The summed E-state index contributed by atoms with van der Waals surface area (Å²) in [4.78, 5) is 0. The third-order valence-electron chi connectivity index (χ3n) is 3.61. The van der Waals surface area contributed by atoms with Crippen molar-refractivity contribution in [3.8, 4) is 0 Å². The first kappa shape index (κ1) is 15.3. The molecule has 1 heterocycles. The van der Waals surface area contributed by atoms with E-state index in [-0.39, 0.29) is 6.04 Å². The van der Waals surface area contributed by atoms with Crippen LogP contribution in [0.15, 0.2) is 34.8 Å². The number of aromatic nitrogens is 2. The van der Waals surface area contributed by atoms with Gasteiger partial charge in [-0.05, 0) is 54.6 Å². The van der Waals surface area contributed by atoms with Crippen LogP contribution in [0.1, 0.15) is 42.8 Å². The molecule has 1 unspecified atom stereocenters. The van der Waals surface area contributed by atoms with Crippen molar-refractivity contribution in [1.29, 1.82) is 0 Å². The Morgan fingerprint density at radius 2 is 2.00 bits per heavy atom. The van der Waals surface area contributed by atoms with Gasteiger partial charge in [0, 0.05) is 12.6 Å². The number of hydrogen-bond donors (Lipinski definition) is 1. The van der Waals surface area contributed by atoms with E-state index in [1.54, 1.807) is 0 Å². The highest BCUT2D eigenvalue weighted by Crippen LogP contribution is 2.24. The lowest BCUT2D eigenvalue weighted by Crippen LogP contribution is -2.11. The molecule has 0 radical (unpaired) electrons. The summed E-state index contributed by atoms with van der Waals surface area (Å²) >= 11 is 3.64. The summed E-state index contributed by atoms with van der Waals surface area (Å²) in [6.45, 7) is 5.07. The van der Waals surface area contributed by atoms with Gasteiger partial charge in [0.2, 0.25) is 0 Å². The Bertz CT molecular complexity index is 548. The van der Waals surface area contributed by atoms with Gasteiger partial charge in [-0.25, -0.2) is 0 Å². The normalized spacial score (nSPS) is 12.6. The highest BCUT2D eigenvalue weighted by molar-refractivity contribution is 9.10. The van der Waals surface area contributed by atoms with Gasteiger partial charge >= 0.3 is 0 Å². The quantitative estimate of drug-likeness (QED) is 0.867. The average molecular weight is 336 g/mol. The minimum atomic E-state index is 0.120. The van der Waals surface area contributed by atoms with Crippen LogP contribution in [-0.2, 0) is 13.0 Å². The van der Waals surface area contributed by atoms with Gasteiger partial charge in [0.15, 0.2) is 0 Å². The maximum atomic E-state index is 6.24. The van der Waals surface area contributed by atoms with E-state index in [4.69, 9.17) is 5.73 Å².